The molecule has 0 radical (unpaired) electrons. The summed E-state index contributed by atoms with van der Waals surface area (Å²) in [4.78, 5) is 12.7. The van der Waals surface area contributed by atoms with E-state index < -0.39 is 0 Å². The number of hydrogen-bond donors (Lipinski definition) is 1. The molecule has 2 aromatic rings. The molecule has 0 unspecified atom stereocenters. The number of fused-ring (bicyclic) bond motifs is 1. The van der Waals surface area contributed by atoms with Gasteiger partial charge in [0.05, 0.1) is 0 Å². The third kappa shape index (κ3) is 2.86. The van der Waals surface area contributed by atoms with E-state index in [1.165, 1.54) is 55.0 Å². The van der Waals surface area contributed by atoms with Crippen LogP contribution in [0.1, 0.15) is 56.9 Å². The average molecular weight is 351 g/mol. The SMILES string of the molecule is Cn1cc(CCCC(=O)NC23CC4CC(CC(C4)C2)C3)c2ccccc21. The van der Waals surface area contributed by atoms with Crippen molar-refractivity contribution in [1.29, 1.82) is 0 Å². The fourth-order valence-corrected chi connectivity index (χ4v) is 6.69. The molecule has 26 heavy (non-hydrogen) atoms. The third-order valence-electron chi connectivity index (χ3n) is 7.27. The van der Waals surface area contributed by atoms with Gasteiger partial charge in [-0.3, -0.25) is 4.79 Å². The van der Waals surface area contributed by atoms with Gasteiger partial charge in [-0.25, -0.2) is 0 Å². The molecular weight excluding hydrogens is 320 g/mol. The first kappa shape index (κ1) is 16.4. The van der Waals surface area contributed by atoms with Crippen molar-refractivity contribution in [2.24, 2.45) is 24.8 Å². The number of carbonyl (C=O) groups is 1. The zero-order valence-corrected chi connectivity index (χ0v) is 15.8. The van der Waals surface area contributed by atoms with Gasteiger partial charge in [-0.2, -0.15) is 0 Å². The van der Waals surface area contributed by atoms with Crippen molar-refractivity contribution in [3.8, 4) is 0 Å². The van der Waals surface area contributed by atoms with Crippen molar-refractivity contribution in [2.45, 2.75) is 63.3 Å². The Morgan fingerprint density at radius 3 is 2.46 bits per heavy atom. The number of para-hydroxylation sites is 1. The molecule has 4 aliphatic rings. The molecule has 4 fully saturated rings. The van der Waals surface area contributed by atoms with Gasteiger partial charge in [0, 0.05) is 36.1 Å². The second-order valence-corrected chi connectivity index (χ2v) is 9.38. The van der Waals surface area contributed by atoms with E-state index in [-0.39, 0.29) is 11.4 Å². The Balaban J connectivity index is 1.19. The summed E-state index contributed by atoms with van der Waals surface area (Å²) in [6.45, 7) is 0. The number of nitrogens with one attached hydrogen (secondary N) is 1. The number of rotatable bonds is 5. The van der Waals surface area contributed by atoms with Gasteiger partial charge in [-0.1, -0.05) is 18.2 Å². The van der Waals surface area contributed by atoms with Crippen molar-refractivity contribution in [3.05, 3.63) is 36.0 Å². The Labute approximate surface area is 156 Å². The summed E-state index contributed by atoms with van der Waals surface area (Å²) in [7, 11) is 2.10. The van der Waals surface area contributed by atoms with Gasteiger partial charge in [-0.15, -0.1) is 0 Å². The minimum atomic E-state index is 0.158. The molecular formula is C23H30N2O. The smallest absolute Gasteiger partial charge is 0.220 e. The second-order valence-electron chi connectivity index (χ2n) is 9.38. The van der Waals surface area contributed by atoms with E-state index in [1.54, 1.807) is 0 Å². The van der Waals surface area contributed by atoms with E-state index in [2.05, 4.69) is 47.4 Å². The summed E-state index contributed by atoms with van der Waals surface area (Å²) in [5.41, 5.74) is 2.80. The Kier molecular flexibility index (Phi) is 3.88. The Hall–Kier alpha value is -1.77. The lowest BCUT2D eigenvalue weighted by atomic mass is 9.53. The summed E-state index contributed by atoms with van der Waals surface area (Å²) in [5.74, 6) is 2.94. The zero-order chi connectivity index (χ0) is 17.7. The topological polar surface area (TPSA) is 34.0 Å². The quantitative estimate of drug-likeness (QED) is 0.841. The fraction of sp³-hybridized carbons (Fsp3) is 0.609. The Bertz CT molecular complexity index is 799. The molecule has 1 N–H and O–H groups in total. The molecule has 1 aromatic carbocycles. The highest BCUT2D eigenvalue weighted by molar-refractivity contribution is 5.84. The lowest BCUT2D eigenvalue weighted by Gasteiger charge is -2.56. The van der Waals surface area contributed by atoms with E-state index in [0.717, 1.165) is 30.6 Å². The molecule has 4 saturated carbocycles. The highest BCUT2D eigenvalue weighted by atomic mass is 16.1. The normalized spacial score (nSPS) is 32.3. The van der Waals surface area contributed by atoms with Crippen LogP contribution in [0.5, 0.6) is 0 Å². The monoisotopic (exact) mass is 350 g/mol. The van der Waals surface area contributed by atoms with Gasteiger partial charge in [0.2, 0.25) is 5.91 Å². The molecule has 0 aliphatic heterocycles. The number of carbonyl (C=O) groups excluding carboxylic acids is 1. The van der Waals surface area contributed by atoms with Crippen molar-refractivity contribution >= 4 is 16.8 Å². The molecule has 1 aromatic heterocycles. The molecule has 1 heterocycles. The summed E-state index contributed by atoms with van der Waals surface area (Å²) in [6, 6.07) is 8.55. The van der Waals surface area contributed by atoms with Crippen molar-refractivity contribution in [1.82, 2.24) is 9.88 Å². The van der Waals surface area contributed by atoms with Crippen LogP contribution in [0.3, 0.4) is 0 Å². The van der Waals surface area contributed by atoms with Crippen LogP contribution in [0.4, 0.5) is 0 Å². The Morgan fingerprint density at radius 2 is 1.77 bits per heavy atom. The van der Waals surface area contributed by atoms with Crippen LogP contribution >= 0.6 is 0 Å². The van der Waals surface area contributed by atoms with E-state index >= 15 is 0 Å². The molecule has 6 rings (SSSR count). The van der Waals surface area contributed by atoms with Crippen molar-refractivity contribution < 1.29 is 4.79 Å². The van der Waals surface area contributed by atoms with Crippen LogP contribution in [-0.4, -0.2) is 16.0 Å². The maximum absolute atomic E-state index is 12.7. The zero-order valence-electron chi connectivity index (χ0n) is 15.8. The summed E-state index contributed by atoms with van der Waals surface area (Å²) in [5, 5.41) is 4.84. The molecule has 0 saturated heterocycles. The van der Waals surface area contributed by atoms with E-state index in [4.69, 9.17) is 0 Å². The number of aromatic nitrogens is 1. The predicted octanol–water partition coefficient (Wildman–Crippen LogP) is 4.59. The number of aryl methyl sites for hydroxylation is 2. The van der Waals surface area contributed by atoms with Crippen molar-refractivity contribution in [3.63, 3.8) is 0 Å². The maximum Gasteiger partial charge on any atom is 0.220 e. The summed E-state index contributed by atoms with van der Waals surface area (Å²) >= 11 is 0. The third-order valence-corrected chi connectivity index (χ3v) is 7.27. The molecule has 4 aliphatic carbocycles. The van der Waals surface area contributed by atoms with Gasteiger partial charge in [0.25, 0.3) is 0 Å². The molecule has 0 spiro atoms. The van der Waals surface area contributed by atoms with E-state index in [0.29, 0.717) is 6.42 Å². The lowest BCUT2D eigenvalue weighted by molar-refractivity contribution is -0.126. The first-order valence-electron chi connectivity index (χ1n) is 10.4. The maximum atomic E-state index is 12.7. The summed E-state index contributed by atoms with van der Waals surface area (Å²) in [6.07, 6.45) is 12.8. The van der Waals surface area contributed by atoms with Gasteiger partial charge >= 0.3 is 0 Å². The average Bonchev–Trinajstić information content (AvgIpc) is 2.90. The number of amides is 1. The van der Waals surface area contributed by atoms with Gasteiger partial charge in [0.1, 0.15) is 0 Å². The second kappa shape index (κ2) is 6.14. The van der Waals surface area contributed by atoms with Crippen LogP contribution in [0.15, 0.2) is 30.5 Å². The highest BCUT2D eigenvalue weighted by Gasteiger charge is 2.51. The standard InChI is InChI=1S/C23H30N2O/c1-25-15-19(20-6-2-3-7-21(20)25)5-4-8-22(26)24-23-12-16-9-17(13-23)11-18(10-16)14-23/h2-3,6-7,15-18H,4-5,8-14H2,1H3,(H,24,26). The van der Waals surface area contributed by atoms with Gasteiger partial charge in [0.15, 0.2) is 0 Å². The molecule has 3 heteroatoms. The van der Waals surface area contributed by atoms with Crippen LogP contribution in [-0.2, 0) is 18.3 Å². The molecule has 4 bridgehead atoms. The van der Waals surface area contributed by atoms with E-state index in [1.807, 2.05) is 0 Å². The Morgan fingerprint density at radius 1 is 1.12 bits per heavy atom. The fourth-order valence-electron chi connectivity index (χ4n) is 6.69. The van der Waals surface area contributed by atoms with Crippen molar-refractivity contribution in [2.75, 3.05) is 0 Å². The van der Waals surface area contributed by atoms with Crippen LogP contribution in [0.25, 0.3) is 10.9 Å². The van der Waals surface area contributed by atoms with Crippen LogP contribution in [0, 0.1) is 17.8 Å². The molecule has 1 amide bonds. The minimum Gasteiger partial charge on any atom is -0.351 e. The molecule has 138 valence electrons. The molecule has 3 nitrogen and oxygen atoms in total. The predicted molar refractivity (Wildman–Crippen MR) is 105 cm³/mol. The first-order chi connectivity index (χ1) is 12.6. The largest absolute Gasteiger partial charge is 0.351 e. The highest BCUT2D eigenvalue weighted by Crippen LogP contribution is 2.55. The van der Waals surface area contributed by atoms with Gasteiger partial charge in [-0.05, 0) is 80.8 Å². The first-order valence-corrected chi connectivity index (χ1v) is 10.4. The summed E-state index contributed by atoms with van der Waals surface area (Å²) < 4.78 is 2.19. The number of nitrogens with zero attached hydrogens (tertiary/aromatic N) is 1. The minimum absolute atomic E-state index is 0.158. The number of benzene rings is 1. The lowest BCUT2D eigenvalue weighted by Crippen LogP contribution is -2.59. The van der Waals surface area contributed by atoms with Crippen LogP contribution < -0.4 is 5.32 Å². The van der Waals surface area contributed by atoms with Gasteiger partial charge < -0.3 is 9.88 Å². The number of hydrogen-bond acceptors (Lipinski definition) is 1. The molecule has 0 atom stereocenters. The van der Waals surface area contributed by atoms with E-state index in [9.17, 15) is 4.79 Å². The van der Waals surface area contributed by atoms with Crippen LogP contribution in [0.2, 0.25) is 0 Å².